The van der Waals surface area contributed by atoms with E-state index in [1.165, 1.54) is 6.07 Å². The van der Waals surface area contributed by atoms with Gasteiger partial charge >= 0.3 is 0 Å². The van der Waals surface area contributed by atoms with Crippen molar-refractivity contribution in [2.45, 2.75) is 31.5 Å². The lowest BCUT2D eigenvalue weighted by Crippen LogP contribution is -2.24. The Kier molecular flexibility index (Phi) is 2.19. The largest absolute Gasteiger partial charge is 0.508 e. The second-order valence-electron chi connectivity index (χ2n) is 4.14. The van der Waals surface area contributed by atoms with E-state index in [4.69, 9.17) is 5.73 Å². The van der Waals surface area contributed by atoms with Crippen LogP contribution >= 0.6 is 0 Å². The summed E-state index contributed by atoms with van der Waals surface area (Å²) < 4.78 is 12.4. The Morgan fingerprint density at radius 3 is 2.71 bits per heavy atom. The van der Waals surface area contributed by atoms with Crippen LogP contribution in [-0.2, 0) is 13.1 Å². The zero-order chi connectivity index (χ0) is 10.2. The molecule has 14 heavy (non-hydrogen) atoms. The molecule has 3 heteroatoms. The van der Waals surface area contributed by atoms with Crippen LogP contribution in [0.15, 0.2) is 18.2 Å². The summed E-state index contributed by atoms with van der Waals surface area (Å²) in [7, 11) is 0. The van der Waals surface area contributed by atoms with E-state index in [-0.39, 0.29) is 11.3 Å². The van der Waals surface area contributed by atoms with Crippen LogP contribution < -0.4 is 5.73 Å². The van der Waals surface area contributed by atoms with Crippen LogP contribution in [0, 0.1) is 0 Å². The minimum atomic E-state index is -0.495. The highest BCUT2D eigenvalue weighted by Gasteiger charge is 2.38. The molecule has 1 aliphatic rings. The normalized spacial score (nSPS) is 18.1. The highest BCUT2D eigenvalue weighted by Crippen LogP contribution is 2.37. The highest BCUT2D eigenvalue weighted by molar-refractivity contribution is 5.38. The Balaban J connectivity index is 2.22. The Morgan fingerprint density at radius 1 is 1.43 bits per heavy atom. The van der Waals surface area contributed by atoms with Gasteiger partial charge in [0.15, 0.2) is 0 Å². The minimum Gasteiger partial charge on any atom is -0.508 e. The second kappa shape index (κ2) is 3.24. The summed E-state index contributed by atoms with van der Waals surface area (Å²) in [5.74, 6) is 0.221. The molecule has 0 aliphatic heterocycles. The van der Waals surface area contributed by atoms with Crippen molar-refractivity contribution < 1.29 is 9.50 Å². The molecule has 1 aromatic carbocycles. The van der Waals surface area contributed by atoms with E-state index in [2.05, 4.69) is 0 Å². The molecule has 1 saturated carbocycles. The van der Waals surface area contributed by atoms with Gasteiger partial charge in [-0.25, -0.2) is 4.39 Å². The fraction of sp³-hybridized carbons (Fsp3) is 0.455. The lowest BCUT2D eigenvalue weighted by Gasteiger charge is -2.10. The van der Waals surface area contributed by atoms with Crippen molar-refractivity contribution in [3.63, 3.8) is 0 Å². The summed E-state index contributed by atoms with van der Waals surface area (Å²) in [6.45, 7) is -0.495. The average molecular weight is 195 g/mol. The lowest BCUT2D eigenvalue weighted by molar-refractivity contribution is 0.459. The van der Waals surface area contributed by atoms with E-state index >= 15 is 0 Å². The molecule has 0 heterocycles. The topological polar surface area (TPSA) is 46.2 Å². The molecule has 1 aromatic rings. The Bertz CT molecular complexity index is 347. The van der Waals surface area contributed by atoms with Gasteiger partial charge < -0.3 is 10.8 Å². The predicted molar refractivity (Wildman–Crippen MR) is 52.8 cm³/mol. The van der Waals surface area contributed by atoms with Crippen LogP contribution in [0.2, 0.25) is 0 Å². The maximum atomic E-state index is 12.4. The molecule has 1 fully saturated rings. The fourth-order valence-corrected chi connectivity index (χ4v) is 1.58. The molecule has 0 spiro atoms. The van der Waals surface area contributed by atoms with E-state index < -0.39 is 6.67 Å². The molecule has 1 aliphatic carbocycles. The van der Waals surface area contributed by atoms with Crippen molar-refractivity contribution in [3.8, 4) is 5.75 Å². The third kappa shape index (κ3) is 1.87. The van der Waals surface area contributed by atoms with Crippen molar-refractivity contribution >= 4 is 0 Å². The molecule has 0 unspecified atom stereocenters. The van der Waals surface area contributed by atoms with E-state index in [0.29, 0.717) is 12.0 Å². The van der Waals surface area contributed by atoms with Gasteiger partial charge in [0.05, 0.1) is 0 Å². The minimum absolute atomic E-state index is 0.146. The summed E-state index contributed by atoms with van der Waals surface area (Å²) in [5, 5.41) is 9.54. The summed E-state index contributed by atoms with van der Waals surface area (Å²) >= 11 is 0. The number of hydrogen-bond acceptors (Lipinski definition) is 2. The smallest absolute Gasteiger partial charge is 0.118 e. The van der Waals surface area contributed by atoms with E-state index in [9.17, 15) is 9.50 Å². The van der Waals surface area contributed by atoms with Crippen molar-refractivity contribution in [3.05, 3.63) is 29.3 Å². The van der Waals surface area contributed by atoms with E-state index in [1.54, 1.807) is 12.1 Å². The first-order valence-electron chi connectivity index (χ1n) is 4.79. The number of hydrogen-bond donors (Lipinski definition) is 2. The van der Waals surface area contributed by atoms with Gasteiger partial charge in [0, 0.05) is 5.54 Å². The number of alkyl halides is 1. The quantitative estimate of drug-likeness (QED) is 0.773. The molecule has 0 bridgehead atoms. The zero-order valence-electron chi connectivity index (χ0n) is 7.96. The standard InChI is InChI=1S/C11H14FNO/c12-7-8-1-2-10(14)9(5-8)6-11(13)3-4-11/h1-2,5,14H,3-4,6-7,13H2. The molecular weight excluding hydrogens is 181 g/mol. The number of rotatable bonds is 3. The number of phenols is 1. The lowest BCUT2D eigenvalue weighted by atomic mass is 10.0. The number of aromatic hydroxyl groups is 1. The van der Waals surface area contributed by atoms with E-state index in [1.807, 2.05) is 0 Å². The SMILES string of the molecule is NC1(Cc2cc(CF)ccc2O)CC1. The van der Waals surface area contributed by atoms with Crippen LogP contribution in [0.25, 0.3) is 0 Å². The maximum Gasteiger partial charge on any atom is 0.118 e. The Hall–Kier alpha value is -1.09. The molecular formula is C11H14FNO. The summed E-state index contributed by atoms with van der Waals surface area (Å²) in [6, 6.07) is 4.83. The van der Waals surface area contributed by atoms with Gasteiger partial charge in [0.1, 0.15) is 12.4 Å². The van der Waals surface area contributed by atoms with Crippen LogP contribution in [0.5, 0.6) is 5.75 Å². The average Bonchev–Trinajstić information content (AvgIpc) is 2.88. The van der Waals surface area contributed by atoms with Crippen LogP contribution in [0.1, 0.15) is 24.0 Å². The predicted octanol–water partition coefficient (Wildman–Crippen LogP) is 1.90. The molecule has 2 nitrogen and oxygen atoms in total. The first kappa shape index (κ1) is 9.46. The van der Waals surface area contributed by atoms with Gasteiger partial charge in [0.2, 0.25) is 0 Å². The number of benzene rings is 1. The van der Waals surface area contributed by atoms with Gasteiger partial charge in [-0.1, -0.05) is 6.07 Å². The molecule has 3 N–H and O–H groups in total. The zero-order valence-corrected chi connectivity index (χ0v) is 7.96. The first-order chi connectivity index (χ1) is 6.63. The molecule has 0 radical (unpaired) electrons. The van der Waals surface area contributed by atoms with Crippen molar-refractivity contribution in [2.75, 3.05) is 0 Å². The van der Waals surface area contributed by atoms with Gasteiger partial charge in [0.25, 0.3) is 0 Å². The summed E-state index contributed by atoms with van der Waals surface area (Å²) in [5.41, 5.74) is 7.15. The van der Waals surface area contributed by atoms with Gasteiger partial charge in [-0.2, -0.15) is 0 Å². The number of nitrogens with two attached hydrogens (primary N) is 1. The third-order valence-corrected chi connectivity index (χ3v) is 2.73. The van der Waals surface area contributed by atoms with Crippen LogP contribution in [0.4, 0.5) is 4.39 Å². The molecule has 0 aromatic heterocycles. The van der Waals surface area contributed by atoms with Gasteiger partial charge in [-0.05, 0) is 42.5 Å². The maximum absolute atomic E-state index is 12.4. The van der Waals surface area contributed by atoms with Crippen LogP contribution in [0.3, 0.4) is 0 Å². The monoisotopic (exact) mass is 195 g/mol. The van der Waals surface area contributed by atoms with E-state index in [0.717, 1.165) is 18.4 Å². The molecule has 76 valence electrons. The Labute approximate surface area is 82.5 Å². The van der Waals surface area contributed by atoms with Gasteiger partial charge in [-0.15, -0.1) is 0 Å². The summed E-state index contributed by atoms with van der Waals surface area (Å²) in [6.07, 6.45) is 2.63. The van der Waals surface area contributed by atoms with Crippen molar-refractivity contribution in [2.24, 2.45) is 5.73 Å². The third-order valence-electron chi connectivity index (χ3n) is 2.73. The van der Waals surface area contributed by atoms with Gasteiger partial charge in [-0.3, -0.25) is 0 Å². The Morgan fingerprint density at radius 2 is 2.14 bits per heavy atom. The summed E-state index contributed by atoms with van der Waals surface area (Å²) in [4.78, 5) is 0. The molecule has 0 atom stereocenters. The highest BCUT2D eigenvalue weighted by atomic mass is 19.1. The first-order valence-corrected chi connectivity index (χ1v) is 4.79. The fourth-order valence-electron chi connectivity index (χ4n) is 1.58. The molecule has 0 saturated heterocycles. The van der Waals surface area contributed by atoms with Crippen molar-refractivity contribution in [1.82, 2.24) is 0 Å². The number of phenolic OH excluding ortho intramolecular Hbond substituents is 1. The second-order valence-corrected chi connectivity index (χ2v) is 4.14. The van der Waals surface area contributed by atoms with Crippen molar-refractivity contribution in [1.29, 1.82) is 0 Å². The number of halogens is 1. The molecule has 2 rings (SSSR count). The van der Waals surface area contributed by atoms with Crippen LogP contribution in [-0.4, -0.2) is 10.6 Å². The molecule has 0 amide bonds.